The predicted molar refractivity (Wildman–Crippen MR) is 125 cm³/mol. The van der Waals surface area contributed by atoms with Crippen molar-refractivity contribution >= 4 is 39.3 Å². The van der Waals surface area contributed by atoms with E-state index in [9.17, 15) is 18.0 Å². The van der Waals surface area contributed by atoms with Crippen molar-refractivity contribution in [2.24, 2.45) is 0 Å². The third kappa shape index (κ3) is 5.16. The molecule has 2 heterocycles. The van der Waals surface area contributed by atoms with Crippen LogP contribution >= 0.6 is 11.8 Å². The van der Waals surface area contributed by atoms with E-state index in [0.717, 1.165) is 36.8 Å². The Labute approximate surface area is 193 Å². The quantitative estimate of drug-likeness (QED) is 0.650. The first-order chi connectivity index (χ1) is 15.3. The van der Waals surface area contributed by atoms with Gasteiger partial charge in [0.05, 0.1) is 10.6 Å². The van der Waals surface area contributed by atoms with E-state index < -0.39 is 21.2 Å². The van der Waals surface area contributed by atoms with Crippen molar-refractivity contribution in [2.75, 3.05) is 18.4 Å². The number of benzene rings is 2. The number of carbonyl (C=O) groups excluding carboxylic acids is 2. The highest BCUT2D eigenvalue weighted by molar-refractivity contribution is 8.01. The molecule has 0 spiro atoms. The number of nitrogens with one attached hydrogen (secondary N) is 2. The summed E-state index contributed by atoms with van der Waals surface area (Å²) in [5.41, 5.74) is 2.38. The molecule has 4 rings (SSSR count). The number of fused-ring (bicyclic) bond motifs is 1. The molecule has 0 aliphatic carbocycles. The summed E-state index contributed by atoms with van der Waals surface area (Å²) in [4.78, 5) is 28.2. The average molecular weight is 474 g/mol. The SMILES string of the molecule is Cc1ccc(CNS(=O)(=O)c2ccc3c(c2)NC(=O)[C@@H](C(=O)N2CCCCCC2)S3)cc1. The van der Waals surface area contributed by atoms with E-state index in [1.54, 1.807) is 11.0 Å². The van der Waals surface area contributed by atoms with Gasteiger partial charge in [0.25, 0.3) is 0 Å². The smallest absolute Gasteiger partial charge is 0.247 e. The molecule has 32 heavy (non-hydrogen) atoms. The largest absolute Gasteiger partial charge is 0.341 e. The number of amides is 2. The summed E-state index contributed by atoms with van der Waals surface area (Å²) in [6.07, 6.45) is 4.12. The molecule has 0 bridgehead atoms. The molecular formula is C23H27N3O4S2. The fourth-order valence-electron chi connectivity index (χ4n) is 3.84. The molecule has 2 aromatic carbocycles. The lowest BCUT2D eigenvalue weighted by Crippen LogP contribution is -2.45. The van der Waals surface area contributed by atoms with Crippen LogP contribution in [0.1, 0.15) is 36.8 Å². The van der Waals surface area contributed by atoms with Crippen LogP contribution in [0.4, 0.5) is 5.69 Å². The first-order valence-electron chi connectivity index (χ1n) is 10.8. The molecule has 0 saturated carbocycles. The van der Waals surface area contributed by atoms with Gasteiger partial charge >= 0.3 is 0 Å². The second kappa shape index (κ2) is 9.64. The van der Waals surface area contributed by atoms with Crippen LogP contribution in [0.2, 0.25) is 0 Å². The van der Waals surface area contributed by atoms with E-state index in [1.165, 1.54) is 23.9 Å². The summed E-state index contributed by atoms with van der Waals surface area (Å²) in [6, 6.07) is 12.2. The number of thioether (sulfide) groups is 1. The first kappa shape index (κ1) is 22.8. The highest BCUT2D eigenvalue weighted by Gasteiger charge is 2.36. The Balaban J connectivity index is 1.47. The zero-order chi connectivity index (χ0) is 22.7. The topological polar surface area (TPSA) is 95.6 Å². The molecule has 1 atom stereocenters. The van der Waals surface area contributed by atoms with Gasteiger partial charge in [-0.1, -0.05) is 42.7 Å². The van der Waals surface area contributed by atoms with Gasteiger partial charge in [0, 0.05) is 24.5 Å². The van der Waals surface area contributed by atoms with Crippen LogP contribution in [0.3, 0.4) is 0 Å². The van der Waals surface area contributed by atoms with Gasteiger partial charge in [-0.2, -0.15) is 0 Å². The average Bonchev–Trinajstić information content (AvgIpc) is 3.07. The maximum absolute atomic E-state index is 12.9. The second-order valence-electron chi connectivity index (χ2n) is 8.19. The number of anilines is 1. The Hall–Kier alpha value is -2.36. The van der Waals surface area contributed by atoms with E-state index in [4.69, 9.17) is 0 Å². The van der Waals surface area contributed by atoms with E-state index >= 15 is 0 Å². The van der Waals surface area contributed by atoms with Gasteiger partial charge in [-0.15, -0.1) is 11.8 Å². The van der Waals surface area contributed by atoms with E-state index in [2.05, 4.69) is 10.0 Å². The van der Waals surface area contributed by atoms with E-state index in [-0.39, 0.29) is 17.3 Å². The van der Waals surface area contributed by atoms with Gasteiger partial charge in [0.1, 0.15) is 0 Å². The fraction of sp³-hybridized carbons (Fsp3) is 0.391. The fourth-order valence-corrected chi connectivity index (χ4v) is 5.94. The van der Waals surface area contributed by atoms with Crippen molar-refractivity contribution in [1.82, 2.24) is 9.62 Å². The molecule has 7 nitrogen and oxygen atoms in total. The number of carbonyl (C=O) groups is 2. The van der Waals surface area contributed by atoms with Crippen LogP contribution in [0, 0.1) is 6.92 Å². The molecule has 2 amide bonds. The zero-order valence-electron chi connectivity index (χ0n) is 18.0. The Kier molecular flexibility index (Phi) is 6.88. The number of hydrogen-bond donors (Lipinski definition) is 2. The lowest BCUT2D eigenvalue weighted by molar-refractivity contribution is -0.133. The number of sulfonamides is 1. The normalized spacial score (nSPS) is 19.1. The maximum atomic E-state index is 12.9. The molecule has 0 aromatic heterocycles. The summed E-state index contributed by atoms with van der Waals surface area (Å²) >= 11 is 1.19. The minimum Gasteiger partial charge on any atom is -0.341 e. The lowest BCUT2D eigenvalue weighted by atomic mass is 10.2. The summed E-state index contributed by atoms with van der Waals surface area (Å²) < 4.78 is 28.1. The monoisotopic (exact) mass is 473 g/mol. The highest BCUT2D eigenvalue weighted by atomic mass is 32.2. The number of rotatable bonds is 5. The molecule has 1 saturated heterocycles. The molecule has 2 aliphatic heterocycles. The Bertz CT molecular complexity index is 1110. The molecule has 2 aromatic rings. The zero-order valence-corrected chi connectivity index (χ0v) is 19.6. The third-order valence-corrected chi connectivity index (χ3v) is 8.39. The number of hydrogen-bond acceptors (Lipinski definition) is 5. The van der Waals surface area contributed by atoms with Gasteiger partial charge in [-0.05, 0) is 43.5 Å². The highest BCUT2D eigenvalue weighted by Crippen LogP contribution is 2.38. The molecule has 170 valence electrons. The van der Waals surface area contributed by atoms with Crippen LogP contribution in [0.25, 0.3) is 0 Å². The molecule has 9 heteroatoms. The second-order valence-corrected chi connectivity index (χ2v) is 11.1. The van der Waals surface area contributed by atoms with Crippen molar-refractivity contribution in [3.63, 3.8) is 0 Å². The van der Waals surface area contributed by atoms with Crippen LogP contribution in [0.5, 0.6) is 0 Å². The van der Waals surface area contributed by atoms with Gasteiger partial charge in [-0.3, -0.25) is 9.59 Å². The molecule has 2 aliphatic rings. The summed E-state index contributed by atoms with van der Waals surface area (Å²) in [5.74, 6) is -0.574. The van der Waals surface area contributed by atoms with E-state index in [0.29, 0.717) is 23.7 Å². The van der Waals surface area contributed by atoms with Crippen molar-refractivity contribution < 1.29 is 18.0 Å². The minimum atomic E-state index is -3.76. The Morgan fingerprint density at radius 3 is 2.47 bits per heavy atom. The Morgan fingerprint density at radius 1 is 1.09 bits per heavy atom. The van der Waals surface area contributed by atoms with Crippen LogP contribution in [-0.2, 0) is 26.2 Å². The van der Waals surface area contributed by atoms with Gasteiger partial charge in [0.2, 0.25) is 21.8 Å². The van der Waals surface area contributed by atoms with Crippen LogP contribution in [-0.4, -0.2) is 43.5 Å². The number of nitrogens with zero attached hydrogens (tertiary/aromatic N) is 1. The van der Waals surface area contributed by atoms with Gasteiger partial charge < -0.3 is 10.2 Å². The molecule has 1 fully saturated rings. The lowest BCUT2D eigenvalue weighted by Gasteiger charge is -2.28. The van der Waals surface area contributed by atoms with E-state index in [1.807, 2.05) is 31.2 Å². The standard InChI is InChI=1S/C23H27N3O4S2/c1-16-6-8-17(9-7-16)15-24-32(29,30)18-10-11-20-19(14-18)25-22(27)21(31-20)23(28)26-12-4-2-3-5-13-26/h6-11,14,21,24H,2-5,12-13,15H2,1H3,(H,25,27)/t21-/m0/s1. The predicted octanol–water partition coefficient (Wildman–Crippen LogP) is 3.29. The van der Waals surface area contributed by atoms with Crippen molar-refractivity contribution in [2.45, 2.75) is 54.2 Å². The Morgan fingerprint density at radius 2 is 1.78 bits per heavy atom. The first-order valence-corrected chi connectivity index (χ1v) is 13.2. The van der Waals surface area contributed by atoms with Crippen molar-refractivity contribution in [1.29, 1.82) is 0 Å². The summed E-state index contributed by atoms with van der Waals surface area (Å²) in [7, 11) is -3.76. The molecular weight excluding hydrogens is 446 g/mol. The minimum absolute atomic E-state index is 0.0709. The molecule has 2 N–H and O–H groups in total. The molecule has 0 radical (unpaired) electrons. The maximum Gasteiger partial charge on any atom is 0.247 e. The molecule has 0 unspecified atom stereocenters. The van der Waals surface area contributed by atoms with Crippen LogP contribution < -0.4 is 10.0 Å². The van der Waals surface area contributed by atoms with Crippen molar-refractivity contribution in [3.05, 3.63) is 53.6 Å². The summed E-state index contributed by atoms with van der Waals surface area (Å²) in [5, 5.41) is 1.89. The van der Waals surface area contributed by atoms with Crippen molar-refractivity contribution in [3.8, 4) is 0 Å². The third-order valence-electron chi connectivity index (χ3n) is 5.73. The van der Waals surface area contributed by atoms with Crippen LogP contribution in [0.15, 0.2) is 52.3 Å². The van der Waals surface area contributed by atoms with Gasteiger partial charge in [0.15, 0.2) is 5.25 Å². The van der Waals surface area contributed by atoms with Gasteiger partial charge in [-0.25, -0.2) is 13.1 Å². The summed E-state index contributed by atoms with van der Waals surface area (Å²) in [6.45, 7) is 3.51. The number of aryl methyl sites for hydroxylation is 1. The number of likely N-dealkylation sites (tertiary alicyclic amines) is 1.